The van der Waals surface area contributed by atoms with E-state index in [2.05, 4.69) is 4.99 Å². The van der Waals surface area contributed by atoms with E-state index in [1.54, 1.807) is 24.3 Å². The summed E-state index contributed by atoms with van der Waals surface area (Å²) < 4.78 is 18.8. The van der Waals surface area contributed by atoms with Crippen molar-refractivity contribution in [1.29, 1.82) is 0 Å². The summed E-state index contributed by atoms with van der Waals surface area (Å²) >= 11 is 0. The second-order valence-electron chi connectivity index (χ2n) is 5.32. The van der Waals surface area contributed by atoms with Crippen LogP contribution in [-0.4, -0.2) is 35.6 Å². The molecule has 2 heterocycles. The summed E-state index contributed by atoms with van der Waals surface area (Å²) in [5.74, 6) is -0.632. The molecule has 0 aromatic heterocycles. The first-order valence-corrected chi connectivity index (χ1v) is 7.07. The van der Waals surface area contributed by atoms with Crippen LogP contribution in [0.2, 0.25) is 0 Å². The monoisotopic (exact) mass is 310 g/mol. The molecule has 0 radical (unpaired) electrons. The number of ether oxygens (including phenoxy) is 1. The Morgan fingerprint density at radius 1 is 1.09 bits per heavy atom. The first kappa shape index (κ1) is 13.6. The Balaban J connectivity index is 1.63. The second kappa shape index (κ2) is 5.01. The zero-order valence-corrected chi connectivity index (χ0v) is 12.0. The van der Waals surface area contributed by atoms with E-state index in [0.717, 1.165) is 4.90 Å². The fourth-order valence-corrected chi connectivity index (χ4v) is 2.71. The molecule has 4 rings (SSSR count). The predicted octanol–water partition coefficient (Wildman–Crippen LogP) is 2.59. The molecule has 2 aromatic rings. The predicted molar refractivity (Wildman–Crippen MR) is 80.8 cm³/mol. The molecule has 0 unspecified atom stereocenters. The summed E-state index contributed by atoms with van der Waals surface area (Å²) in [6.07, 6.45) is 0. The standard InChI is InChI=1S/C17H11FN2O3/c18-10-5-6-15-14(7-10)19-11(9-23-15)8-20-16(21)12-3-1-2-4-13(12)17(20)22/h1-7H,8-9H2. The third kappa shape index (κ3) is 2.19. The van der Waals surface area contributed by atoms with E-state index < -0.39 is 5.82 Å². The van der Waals surface area contributed by atoms with Gasteiger partial charge in [0, 0.05) is 6.07 Å². The van der Waals surface area contributed by atoms with Crippen molar-refractivity contribution in [1.82, 2.24) is 4.90 Å². The minimum absolute atomic E-state index is 0.0301. The Morgan fingerprint density at radius 3 is 2.48 bits per heavy atom. The number of hydrogen-bond acceptors (Lipinski definition) is 4. The average molecular weight is 310 g/mol. The van der Waals surface area contributed by atoms with Crippen LogP contribution in [0.4, 0.5) is 10.1 Å². The summed E-state index contributed by atoms with van der Waals surface area (Å²) in [6, 6.07) is 10.7. The Bertz CT molecular complexity index is 841. The molecule has 0 saturated carbocycles. The molecule has 5 nitrogen and oxygen atoms in total. The first-order chi connectivity index (χ1) is 11.1. The summed E-state index contributed by atoms with van der Waals surface area (Å²) in [5.41, 5.74) is 1.64. The number of carbonyl (C=O) groups excluding carboxylic acids is 2. The Labute approximate surface area is 131 Å². The fraction of sp³-hybridized carbons (Fsp3) is 0.118. The molecule has 0 saturated heterocycles. The van der Waals surface area contributed by atoms with Crippen LogP contribution in [0.25, 0.3) is 0 Å². The number of imide groups is 1. The van der Waals surface area contributed by atoms with Gasteiger partial charge in [-0.1, -0.05) is 12.1 Å². The SMILES string of the molecule is O=C1c2ccccc2C(=O)N1CC1=Nc2cc(F)ccc2OC1. The third-order valence-corrected chi connectivity index (χ3v) is 3.81. The molecule has 6 heteroatoms. The zero-order chi connectivity index (χ0) is 16.0. The van der Waals surface area contributed by atoms with Crippen LogP contribution < -0.4 is 4.74 Å². The molecule has 0 aliphatic carbocycles. The lowest BCUT2D eigenvalue weighted by molar-refractivity contribution is 0.0676. The lowest BCUT2D eigenvalue weighted by Crippen LogP contribution is -2.37. The third-order valence-electron chi connectivity index (χ3n) is 3.81. The van der Waals surface area contributed by atoms with Crippen LogP contribution in [0.3, 0.4) is 0 Å². The second-order valence-corrected chi connectivity index (χ2v) is 5.32. The van der Waals surface area contributed by atoms with Crippen molar-refractivity contribution in [2.45, 2.75) is 0 Å². The minimum Gasteiger partial charge on any atom is -0.485 e. The molecule has 0 N–H and O–H groups in total. The molecule has 0 atom stereocenters. The zero-order valence-electron chi connectivity index (χ0n) is 12.0. The average Bonchev–Trinajstić information content (AvgIpc) is 2.80. The van der Waals surface area contributed by atoms with Crippen molar-refractivity contribution < 1.29 is 18.7 Å². The molecular formula is C17H11FN2O3. The van der Waals surface area contributed by atoms with Crippen molar-refractivity contribution in [3.8, 4) is 5.75 Å². The minimum atomic E-state index is -0.418. The smallest absolute Gasteiger partial charge is 0.261 e. The van der Waals surface area contributed by atoms with E-state index >= 15 is 0 Å². The highest BCUT2D eigenvalue weighted by Gasteiger charge is 2.36. The topological polar surface area (TPSA) is 59.0 Å². The highest BCUT2D eigenvalue weighted by atomic mass is 19.1. The van der Waals surface area contributed by atoms with Crippen molar-refractivity contribution in [3.63, 3.8) is 0 Å². The van der Waals surface area contributed by atoms with Gasteiger partial charge in [0.25, 0.3) is 11.8 Å². The quantitative estimate of drug-likeness (QED) is 0.801. The largest absolute Gasteiger partial charge is 0.485 e. The van der Waals surface area contributed by atoms with Crippen LogP contribution in [0.1, 0.15) is 20.7 Å². The molecule has 0 spiro atoms. The van der Waals surface area contributed by atoms with Gasteiger partial charge in [-0.05, 0) is 24.3 Å². The van der Waals surface area contributed by atoms with Gasteiger partial charge in [0.1, 0.15) is 23.9 Å². The van der Waals surface area contributed by atoms with E-state index in [9.17, 15) is 14.0 Å². The van der Waals surface area contributed by atoms with Crippen molar-refractivity contribution in [2.75, 3.05) is 13.2 Å². The van der Waals surface area contributed by atoms with Crippen LogP contribution in [0.5, 0.6) is 5.75 Å². The van der Waals surface area contributed by atoms with Crippen LogP contribution >= 0.6 is 0 Å². The Morgan fingerprint density at radius 2 is 1.78 bits per heavy atom. The molecule has 0 fully saturated rings. The maximum absolute atomic E-state index is 13.3. The van der Waals surface area contributed by atoms with Gasteiger partial charge in [-0.25, -0.2) is 9.38 Å². The van der Waals surface area contributed by atoms with Crippen LogP contribution in [-0.2, 0) is 0 Å². The van der Waals surface area contributed by atoms with E-state index in [4.69, 9.17) is 4.74 Å². The number of rotatable bonds is 2. The molecule has 2 aliphatic heterocycles. The summed E-state index contributed by atoms with van der Waals surface area (Å²) in [6.45, 7) is 0.189. The van der Waals surface area contributed by atoms with Gasteiger partial charge >= 0.3 is 0 Å². The molecule has 23 heavy (non-hydrogen) atoms. The van der Waals surface area contributed by atoms with Crippen LogP contribution in [0, 0.1) is 5.82 Å². The highest BCUT2D eigenvalue weighted by Crippen LogP contribution is 2.31. The van der Waals surface area contributed by atoms with Gasteiger partial charge in [0.2, 0.25) is 0 Å². The maximum Gasteiger partial charge on any atom is 0.261 e. The molecular weight excluding hydrogens is 299 g/mol. The van der Waals surface area contributed by atoms with Gasteiger partial charge in [-0.2, -0.15) is 0 Å². The van der Waals surface area contributed by atoms with Crippen molar-refractivity contribution in [3.05, 3.63) is 59.4 Å². The lowest BCUT2D eigenvalue weighted by atomic mass is 10.1. The summed E-state index contributed by atoms with van der Waals surface area (Å²) in [7, 11) is 0. The summed E-state index contributed by atoms with van der Waals surface area (Å²) in [5, 5.41) is 0. The molecule has 2 amide bonds. The van der Waals surface area contributed by atoms with Gasteiger partial charge in [0.15, 0.2) is 0 Å². The van der Waals surface area contributed by atoms with E-state index in [0.29, 0.717) is 28.3 Å². The fourth-order valence-electron chi connectivity index (χ4n) is 2.71. The van der Waals surface area contributed by atoms with Crippen molar-refractivity contribution in [2.24, 2.45) is 4.99 Å². The number of aliphatic imine (C=N–C) groups is 1. The highest BCUT2D eigenvalue weighted by molar-refractivity contribution is 6.22. The van der Waals surface area contributed by atoms with Crippen molar-refractivity contribution >= 4 is 23.2 Å². The van der Waals surface area contributed by atoms with Crippen LogP contribution in [0.15, 0.2) is 47.5 Å². The number of carbonyl (C=O) groups is 2. The molecule has 0 bridgehead atoms. The van der Waals surface area contributed by atoms with Gasteiger partial charge in [-0.15, -0.1) is 0 Å². The number of halogens is 1. The Kier molecular flexibility index (Phi) is 2.97. The molecule has 114 valence electrons. The molecule has 2 aromatic carbocycles. The lowest BCUT2D eigenvalue weighted by Gasteiger charge is -2.20. The number of hydrogen-bond donors (Lipinski definition) is 0. The molecule has 2 aliphatic rings. The number of benzene rings is 2. The number of fused-ring (bicyclic) bond motifs is 2. The van der Waals surface area contributed by atoms with Gasteiger partial charge < -0.3 is 4.74 Å². The van der Waals surface area contributed by atoms with E-state index in [1.807, 2.05) is 0 Å². The van der Waals surface area contributed by atoms with E-state index in [1.165, 1.54) is 18.2 Å². The maximum atomic E-state index is 13.3. The summed E-state index contributed by atoms with van der Waals surface area (Å²) in [4.78, 5) is 30.1. The Hall–Kier alpha value is -3.02. The van der Waals surface area contributed by atoms with Gasteiger partial charge in [-0.3, -0.25) is 14.5 Å². The number of nitrogens with zero attached hydrogens (tertiary/aromatic N) is 2. The number of amides is 2. The van der Waals surface area contributed by atoms with E-state index in [-0.39, 0.29) is 25.0 Å². The normalized spacial score (nSPS) is 15.9. The first-order valence-electron chi connectivity index (χ1n) is 7.07. The van der Waals surface area contributed by atoms with Gasteiger partial charge in [0.05, 0.1) is 23.4 Å².